The minimum atomic E-state index is -0.240. The monoisotopic (exact) mass is 257 g/mol. The van der Waals surface area contributed by atoms with Crippen LogP contribution in [0.15, 0.2) is 42.0 Å². The number of aryl methyl sites for hydroxylation is 1. The largest absolute Gasteiger partial charge is 0.351 e. The zero-order chi connectivity index (χ0) is 13.8. The first-order valence-corrected chi connectivity index (χ1v) is 5.96. The van der Waals surface area contributed by atoms with E-state index < -0.39 is 0 Å². The van der Waals surface area contributed by atoms with E-state index in [1.165, 1.54) is 10.9 Å². The lowest BCUT2D eigenvalue weighted by Gasteiger charge is -2.07. The highest BCUT2D eigenvalue weighted by atomic mass is 16.2. The molecule has 1 N–H and O–H groups in total. The number of aromatic nitrogens is 2. The molecule has 0 aliphatic rings. The molecule has 0 aliphatic carbocycles. The molecule has 1 aromatic heterocycles. The van der Waals surface area contributed by atoms with E-state index in [0.717, 1.165) is 5.56 Å². The lowest BCUT2D eigenvalue weighted by atomic mass is 10.1. The quantitative estimate of drug-likeness (QED) is 0.831. The van der Waals surface area contributed by atoms with Crippen LogP contribution in [-0.4, -0.2) is 22.0 Å². The Morgan fingerprint density at radius 1 is 1.53 bits per heavy atom. The highest BCUT2D eigenvalue weighted by molar-refractivity contribution is 5.81. The van der Waals surface area contributed by atoms with E-state index in [9.17, 15) is 9.59 Å². The van der Waals surface area contributed by atoms with Gasteiger partial charge in [-0.05, 0) is 18.6 Å². The van der Waals surface area contributed by atoms with Crippen molar-refractivity contribution in [3.05, 3.63) is 53.1 Å². The maximum atomic E-state index is 12.2. The Hall–Kier alpha value is -2.43. The van der Waals surface area contributed by atoms with E-state index in [2.05, 4.69) is 16.9 Å². The number of para-hydroxylation sites is 1. The molecule has 0 bridgehead atoms. The van der Waals surface area contributed by atoms with Crippen LogP contribution in [0.25, 0.3) is 10.9 Å². The lowest BCUT2D eigenvalue weighted by Crippen LogP contribution is -2.32. The summed E-state index contributed by atoms with van der Waals surface area (Å²) in [4.78, 5) is 28.0. The fourth-order valence-electron chi connectivity index (χ4n) is 1.85. The molecule has 0 saturated carbocycles. The van der Waals surface area contributed by atoms with Gasteiger partial charge in [-0.15, -0.1) is 6.58 Å². The fourth-order valence-corrected chi connectivity index (χ4v) is 1.85. The Labute approximate surface area is 110 Å². The van der Waals surface area contributed by atoms with Crippen molar-refractivity contribution in [2.45, 2.75) is 13.5 Å². The third kappa shape index (κ3) is 2.70. The van der Waals surface area contributed by atoms with E-state index in [-0.39, 0.29) is 18.0 Å². The van der Waals surface area contributed by atoms with Crippen LogP contribution in [0.5, 0.6) is 0 Å². The van der Waals surface area contributed by atoms with Crippen LogP contribution in [0.2, 0.25) is 0 Å². The highest BCUT2D eigenvalue weighted by Crippen LogP contribution is 2.10. The van der Waals surface area contributed by atoms with Gasteiger partial charge in [0.15, 0.2) is 0 Å². The summed E-state index contributed by atoms with van der Waals surface area (Å²) in [5, 5.41) is 3.15. The standard InChI is InChI=1S/C14H15N3O2/c1-3-7-15-12(18)8-17-9-16-13-10(2)5-4-6-11(13)14(17)19/h3-6,9H,1,7-8H2,2H3,(H,15,18). The molecule has 1 aromatic carbocycles. The van der Waals surface area contributed by atoms with Crippen molar-refractivity contribution >= 4 is 16.8 Å². The lowest BCUT2D eigenvalue weighted by molar-refractivity contribution is -0.121. The Kier molecular flexibility index (Phi) is 3.75. The van der Waals surface area contributed by atoms with Crippen LogP contribution < -0.4 is 10.9 Å². The topological polar surface area (TPSA) is 64.0 Å². The van der Waals surface area contributed by atoms with Gasteiger partial charge in [0.2, 0.25) is 5.91 Å². The van der Waals surface area contributed by atoms with Crippen molar-refractivity contribution in [1.82, 2.24) is 14.9 Å². The van der Waals surface area contributed by atoms with E-state index >= 15 is 0 Å². The van der Waals surface area contributed by atoms with E-state index in [4.69, 9.17) is 0 Å². The molecule has 5 nitrogen and oxygen atoms in total. The molecule has 19 heavy (non-hydrogen) atoms. The minimum absolute atomic E-state index is 0.0381. The van der Waals surface area contributed by atoms with Crippen LogP contribution in [0.3, 0.4) is 0 Å². The van der Waals surface area contributed by atoms with Gasteiger partial charge < -0.3 is 5.32 Å². The Morgan fingerprint density at radius 3 is 3.05 bits per heavy atom. The molecule has 0 unspecified atom stereocenters. The van der Waals surface area contributed by atoms with E-state index in [1.54, 1.807) is 12.1 Å². The zero-order valence-corrected chi connectivity index (χ0v) is 10.7. The first kappa shape index (κ1) is 13.0. The van der Waals surface area contributed by atoms with Gasteiger partial charge in [0.05, 0.1) is 17.2 Å². The highest BCUT2D eigenvalue weighted by Gasteiger charge is 2.08. The summed E-state index contributed by atoms with van der Waals surface area (Å²) in [6, 6.07) is 5.43. The van der Waals surface area contributed by atoms with E-state index in [1.807, 2.05) is 19.1 Å². The summed E-state index contributed by atoms with van der Waals surface area (Å²) >= 11 is 0. The predicted molar refractivity (Wildman–Crippen MR) is 73.9 cm³/mol. The van der Waals surface area contributed by atoms with Crippen LogP contribution in [0, 0.1) is 6.92 Å². The number of carbonyl (C=O) groups is 1. The summed E-state index contributed by atoms with van der Waals surface area (Å²) in [6.07, 6.45) is 2.99. The van der Waals surface area contributed by atoms with Crippen molar-refractivity contribution in [3.8, 4) is 0 Å². The third-order valence-electron chi connectivity index (χ3n) is 2.81. The Morgan fingerprint density at radius 2 is 2.32 bits per heavy atom. The molecule has 0 saturated heterocycles. The van der Waals surface area contributed by atoms with E-state index in [0.29, 0.717) is 17.4 Å². The Balaban J connectivity index is 2.36. The van der Waals surface area contributed by atoms with Crippen LogP contribution in [-0.2, 0) is 11.3 Å². The van der Waals surface area contributed by atoms with Gasteiger partial charge in [-0.25, -0.2) is 4.98 Å². The molecular formula is C14H15N3O2. The van der Waals surface area contributed by atoms with Gasteiger partial charge in [-0.2, -0.15) is 0 Å². The fraction of sp³-hybridized carbons (Fsp3) is 0.214. The zero-order valence-electron chi connectivity index (χ0n) is 10.7. The molecule has 5 heteroatoms. The Bertz CT molecular complexity index is 689. The van der Waals surface area contributed by atoms with Gasteiger partial charge in [0.25, 0.3) is 5.56 Å². The number of hydrogen-bond acceptors (Lipinski definition) is 3. The van der Waals surface area contributed by atoms with Crippen molar-refractivity contribution < 1.29 is 4.79 Å². The summed E-state index contributed by atoms with van der Waals surface area (Å²) in [5.74, 6) is -0.240. The van der Waals surface area contributed by atoms with Crippen LogP contribution in [0.1, 0.15) is 5.56 Å². The third-order valence-corrected chi connectivity index (χ3v) is 2.81. The molecule has 98 valence electrons. The number of nitrogens with zero attached hydrogens (tertiary/aromatic N) is 2. The number of fused-ring (bicyclic) bond motifs is 1. The van der Waals surface area contributed by atoms with Gasteiger partial charge in [0.1, 0.15) is 6.54 Å². The normalized spacial score (nSPS) is 10.4. The molecule has 1 heterocycles. The maximum absolute atomic E-state index is 12.2. The van der Waals surface area contributed by atoms with Crippen LogP contribution >= 0.6 is 0 Å². The molecule has 2 aromatic rings. The number of rotatable bonds is 4. The molecule has 0 spiro atoms. The maximum Gasteiger partial charge on any atom is 0.261 e. The van der Waals surface area contributed by atoms with Crippen molar-refractivity contribution in [1.29, 1.82) is 0 Å². The number of amides is 1. The minimum Gasteiger partial charge on any atom is -0.351 e. The van der Waals surface area contributed by atoms with Crippen molar-refractivity contribution in [2.24, 2.45) is 0 Å². The smallest absolute Gasteiger partial charge is 0.261 e. The molecule has 0 atom stereocenters. The van der Waals surface area contributed by atoms with Gasteiger partial charge in [-0.1, -0.05) is 18.2 Å². The number of benzene rings is 1. The first-order valence-electron chi connectivity index (χ1n) is 5.96. The molecule has 0 aliphatic heterocycles. The second-order valence-electron chi connectivity index (χ2n) is 4.24. The second-order valence-corrected chi connectivity index (χ2v) is 4.24. The number of nitrogens with one attached hydrogen (secondary N) is 1. The predicted octanol–water partition coefficient (Wildman–Crippen LogP) is 1.01. The SMILES string of the molecule is C=CCNC(=O)Cn1cnc2c(C)cccc2c1=O. The number of hydrogen-bond donors (Lipinski definition) is 1. The van der Waals surface area contributed by atoms with Gasteiger partial charge >= 0.3 is 0 Å². The summed E-state index contributed by atoms with van der Waals surface area (Å²) < 4.78 is 1.31. The van der Waals surface area contributed by atoms with Gasteiger partial charge in [-0.3, -0.25) is 14.2 Å². The second kappa shape index (κ2) is 5.48. The molecular weight excluding hydrogens is 242 g/mol. The summed E-state index contributed by atoms with van der Waals surface area (Å²) in [6.45, 7) is 5.76. The molecule has 0 radical (unpaired) electrons. The number of carbonyl (C=O) groups excluding carboxylic acids is 1. The van der Waals surface area contributed by atoms with Crippen LogP contribution in [0.4, 0.5) is 0 Å². The average molecular weight is 257 g/mol. The molecule has 1 amide bonds. The molecule has 0 fully saturated rings. The molecule has 2 rings (SSSR count). The van der Waals surface area contributed by atoms with Crippen molar-refractivity contribution in [2.75, 3.05) is 6.54 Å². The van der Waals surface area contributed by atoms with Crippen molar-refractivity contribution in [3.63, 3.8) is 0 Å². The summed E-state index contributed by atoms with van der Waals surface area (Å²) in [5.41, 5.74) is 1.41. The average Bonchev–Trinajstić information content (AvgIpc) is 2.40. The summed E-state index contributed by atoms with van der Waals surface area (Å²) in [7, 11) is 0. The van der Waals surface area contributed by atoms with Gasteiger partial charge in [0, 0.05) is 6.54 Å². The first-order chi connectivity index (χ1) is 9.13.